The molecule has 1 aromatic rings. The fourth-order valence-electron chi connectivity index (χ4n) is 2.63. The van der Waals surface area contributed by atoms with E-state index in [1.807, 2.05) is 13.8 Å². The lowest BCUT2D eigenvalue weighted by Gasteiger charge is -2.18. The molecule has 7 heteroatoms. The van der Waals surface area contributed by atoms with Crippen molar-refractivity contribution in [1.82, 2.24) is 15.1 Å². The maximum absolute atomic E-state index is 12.1. The molecule has 2 heterocycles. The molecule has 0 aliphatic carbocycles. The molecule has 1 aliphatic heterocycles. The summed E-state index contributed by atoms with van der Waals surface area (Å²) in [6, 6.07) is 1.69. The highest BCUT2D eigenvalue weighted by molar-refractivity contribution is 5.76. The van der Waals surface area contributed by atoms with Gasteiger partial charge in [-0.3, -0.25) is 9.59 Å². The van der Waals surface area contributed by atoms with Crippen molar-refractivity contribution in [3.8, 4) is 0 Å². The normalized spacial score (nSPS) is 18.0. The molecule has 1 saturated heterocycles. The van der Waals surface area contributed by atoms with Gasteiger partial charge in [0.2, 0.25) is 5.91 Å². The lowest BCUT2D eigenvalue weighted by atomic mass is 10.1. The minimum Gasteiger partial charge on any atom is -0.370 e. The predicted molar refractivity (Wildman–Crippen MR) is 85.8 cm³/mol. The van der Waals surface area contributed by atoms with Crippen LogP contribution in [0.15, 0.2) is 17.1 Å². The van der Waals surface area contributed by atoms with Gasteiger partial charge in [-0.1, -0.05) is 0 Å². The number of aromatic nitrogens is 2. The quantitative estimate of drug-likeness (QED) is 0.768. The second kappa shape index (κ2) is 7.40. The third-order valence-electron chi connectivity index (χ3n) is 3.84. The van der Waals surface area contributed by atoms with Crippen molar-refractivity contribution < 1.29 is 4.79 Å². The number of nitrogens with two attached hydrogens (primary N) is 1. The second-order valence-corrected chi connectivity index (χ2v) is 6.08. The molecular formula is C15H25N5O2. The van der Waals surface area contributed by atoms with Gasteiger partial charge in [0.15, 0.2) is 0 Å². The Morgan fingerprint density at radius 3 is 2.91 bits per heavy atom. The Kier molecular flexibility index (Phi) is 5.54. The summed E-state index contributed by atoms with van der Waals surface area (Å²) in [4.78, 5) is 25.8. The van der Waals surface area contributed by atoms with Crippen LogP contribution in [0, 0.1) is 5.92 Å². The molecule has 22 heavy (non-hydrogen) atoms. The van der Waals surface area contributed by atoms with E-state index in [-0.39, 0.29) is 23.9 Å². The van der Waals surface area contributed by atoms with E-state index in [9.17, 15) is 9.59 Å². The first-order chi connectivity index (χ1) is 10.5. The molecule has 1 atom stereocenters. The number of rotatable bonds is 6. The van der Waals surface area contributed by atoms with Crippen molar-refractivity contribution in [3.63, 3.8) is 0 Å². The Morgan fingerprint density at radius 2 is 2.32 bits per heavy atom. The maximum Gasteiger partial charge on any atom is 0.268 e. The average molecular weight is 307 g/mol. The number of hydrogen-bond donors (Lipinski definition) is 2. The van der Waals surface area contributed by atoms with Gasteiger partial charge in [-0.05, 0) is 32.7 Å². The molecule has 1 amide bonds. The van der Waals surface area contributed by atoms with Crippen LogP contribution in [0.5, 0.6) is 0 Å². The smallest absolute Gasteiger partial charge is 0.268 e. The van der Waals surface area contributed by atoms with Crippen molar-refractivity contribution in [1.29, 1.82) is 0 Å². The number of amides is 1. The number of hydrogen-bond acceptors (Lipinski definition) is 5. The first-order valence-electron chi connectivity index (χ1n) is 7.81. The Balaban J connectivity index is 1.95. The standard InChI is InChI=1S/C15H25N5O2/c1-11(2)18-14(21)4-6-20-15(22)7-13(9-17-20)19-5-3-12(8-16)10-19/h7,9,11-12H,3-6,8,10,16H2,1-2H3,(H,18,21)/t12-/m0/s1. The molecule has 1 fully saturated rings. The van der Waals surface area contributed by atoms with Crippen LogP contribution in [0.2, 0.25) is 0 Å². The van der Waals surface area contributed by atoms with Gasteiger partial charge >= 0.3 is 0 Å². The van der Waals surface area contributed by atoms with E-state index < -0.39 is 0 Å². The third kappa shape index (κ3) is 4.30. The lowest BCUT2D eigenvalue weighted by molar-refractivity contribution is -0.121. The second-order valence-electron chi connectivity index (χ2n) is 6.08. The third-order valence-corrected chi connectivity index (χ3v) is 3.84. The Morgan fingerprint density at radius 1 is 1.55 bits per heavy atom. The summed E-state index contributed by atoms with van der Waals surface area (Å²) in [6.45, 7) is 6.56. The molecule has 122 valence electrons. The topological polar surface area (TPSA) is 93.2 Å². The molecule has 0 aromatic carbocycles. The van der Waals surface area contributed by atoms with Crippen LogP contribution in [-0.4, -0.2) is 41.4 Å². The summed E-state index contributed by atoms with van der Waals surface area (Å²) < 4.78 is 1.33. The van der Waals surface area contributed by atoms with Crippen molar-refractivity contribution in [2.75, 3.05) is 24.5 Å². The fraction of sp³-hybridized carbons (Fsp3) is 0.667. The van der Waals surface area contributed by atoms with Gasteiger partial charge in [-0.2, -0.15) is 5.10 Å². The number of aryl methyl sites for hydroxylation is 1. The molecular weight excluding hydrogens is 282 g/mol. The Bertz CT molecular complexity index is 569. The highest BCUT2D eigenvalue weighted by atomic mass is 16.2. The maximum atomic E-state index is 12.1. The number of nitrogens with zero attached hydrogens (tertiary/aromatic N) is 3. The van der Waals surface area contributed by atoms with E-state index in [4.69, 9.17) is 5.73 Å². The average Bonchev–Trinajstić information content (AvgIpc) is 2.94. The van der Waals surface area contributed by atoms with Gasteiger partial charge < -0.3 is 16.0 Å². The molecule has 0 bridgehead atoms. The van der Waals surface area contributed by atoms with Gasteiger partial charge in [0.25, 0.3) is 5.56 Å². The van der Waals surface area contributed by atoms with Crippen molar-refractivity contribution in [3.05, 3.63) is 22.6 Å². The van der Waals surface area contributed by atoms with E-state index >= 15 is 0 Å². The lowest BCUT2D eigenvalue weighted by Crippen LogP contribution is -2.33. The van der Waals surface area contributed by atoms with Crippen LogP contribution in [0.4, 0.5) is 5.69 Å². The van der Waals surface area contributed by atoms with E-state index in [2.05, 4.69) is 15.3 Å². The zero-order valence-corrected chi connectivity index (χ0v) is 13.3. The van der Waals surface area contributed by atoms with Crippen molar-refractivity contribution in [2.24, 2.45) is 11.7 Å². The molecule has 2 rings (SSSR count). The number of anilines is 1. The Hall–Kier alpha value is -1.89. The van der Waals surface area contributed by atoms with Crippen LogP contribution in [-0.2, 0) is 11.3 Å². The van der Waals surface area contributed by atoms with Crippen LogP contribution in [0.1, 0.15) is 26.7 Å². The summed E-state index contributed by atoms with van der Waals surface area (Å²) in [7, 11) is 0. The number of carbonyl (C=O) groups excluding carboxylic acids is 1. The number of carbonyl (C=O) groups is 1. The highest BCUT2D eigenvalue weighted by Crippen LogP contribution is 2.21. The zero-order valence-electron chi connectivity index (χ0n) is 13.3. The molecule has 0 radical (unpaired) electrons. The minimum absolute atomic E-state index is 0.0712. The summed E-state index contributed by atoms with van der Waals surface area (Å²) in [5.41, 5.74) is 6.35. The molecule has 3 N–H and O–H groups in total. The minimum atomic E-state index is -0.175. The Labute approximate surface area is 130 Å². The van der Waals surface area contributed by atoms with Gasteiger partial charge in [-0.25, -0.2) is 4.68 Å². The van der Waals surface area contributed by atoms with E-state index in [0.29, 0.717) is 19.0 Å². The van der Waals surface area contributed by atoms with Gasteiger partial charge in [-0.15, -0.1) is 0 Å². The largest absolute Gasteiger partial charge is 0.370 e. The molecule has 0 saturated carbocycles. The van der Waals surface area contributed by atoms with Crippen LogP contribution < -0.4 is 21.5 Å². The molecule has 7 nitrogen and oxygen atoms in total. The summed E-state index contributed by atoms with van der Waals surface area (Å²) in [6.07, 6.45) is 3.00. The summed E-state index contributed by atoms with van der Waals surface area (Å²) >= 11 is 0. The van der Waals surface area contributed by atoms with Crippen molar-refractivity contribution >= 4 is 11.6 Å². The summed E-state index contributed by atoms with van der Waals surface area (Å²) in [5.74, 6) is 0.417. The zero-order chi connectivity index (χ0) is 16.1. The van der Waals surface area contributed by atoms with E-state index in [1.54, 1.807) is 12.3 Å². The van der Waals surface area contributed by atoms with Crippen LogP contribution >= 0.6 is 0 Å². The van der Waals surface area contributed by atoms with Gasteiger partial charge in [0.05, 0.1) is 18.4 Å². The molecule has 0 unspecified atom stereocenters. The first-order valence-corrected chi connectivity index (χ1v) is 7.81. The van der Waals surface area contributed by atoms with Crippen LogP contribution in [0.3, 0.4) is 0 Å². The molecule has 0 spiro atoms. The van der Waals surface area contributed by atoms with Crippen LogP contribution in [0.25, 0.3) is 0 Å². The van der Waals surface area contributed by atoms with E-state index in [1.165, 1.54) is 4.68 Å². The molecule has 1 aliphatic rings. The monoisotopic (exact) mass is 307 g/mol. The molecule has 1 aromatic heterocycles. The SMILES string of the molecule is CC(C)NC(=O)CCn1ncc(N2CC[C@@H](CN)C2)cc1=O. The van der Waals surface area contributed by atoms with Crippen molar-refractivity contribution in [2.45, 2.75) is 39.3 Å². The van der Waals surface area contributed by atoms with E-state index in [0.717, 1.165) is 25.2 Å². The van der Waals surface area contributed by atoms with Gasteiger partial charge in [0, 0.05) is 31.6 Å². The predicted octanol–water partition coefficient (Wildman–Crippen LogP) is -0.0570. The number of nitrogens with one attached hydrogen (secondary N) is 1. The summed E-state index contributed by atoms with van der Waals surface area (Å²) in [5, 5.41) is 6.97. The highest BCUT2D eigenvalue weighted by Gasteiger charge is 2.22. The van der Waals surface area contributed by atoms with Gasteiger partial charge in [0.1, 0.15) is 0 Å². The fourth-order valence-corrected chi connectivity index (χ4v) is 2.63. The first kappa shape index (κ1) is 16.5.